The second-order valence-corrected chi connectivity index (χ2v) is 10.5. The van der Waals surface area contributed by atoms with Crippen molar-refractivity contribution in [2.75, 3.05) is 6.61 Å². The average Bonchev–Trinajstić information content (AvgIpc) is 2.22. The van der Waals surface area contributed by atoms with Gasteiger partial charge in [-0.15, -0.1) is 0 Å². The third kappa shape index (κ3) is 5.01. The van der Waals surface area contributed by atoms with Crippen molar-refractivity contribution in [3.05, 3.63) is 31.8 Å². The Morgan fingerprint density at radius 3 is 2.59 bits per heavy atom. The summed E-state index contributed by atoms with van der Waals surface area (Å²) in [5.74, 6) is 0. The van der Waals surface area contributed by atoms with E-state index in [9.17, 15) is 0 Å². The Bertz CT molecular complexity index is 380. The van der Waals surface area contributed by atoms with Crippen molar-refractivity contribution in [1.29, 1.82) is 0 Å². The van der Waals surface area contributed by atoms with Gasteiger partial charge in [0.1, 0.15) is 0 Å². The normalized spacial score (nSPS) is 12.2. The summed E-state index contributed by atoms with van der Waals surface area (Å²) < 4.78 is 8.26. The molecule has 1 radical (unpaired) electrons. The van der Waals surface area contributed by atoms with E-state index in [1.165, 1.54) is 9.13 Å². The van der Waals surface area contributed by atoms with Gasteiger partial charge >= 0.3 is 0 Å². The van der Waals surface area contributed by atoms with Gasteiger partial charge in [-0.2, -0.15) is 0 Å². The SMILES string of the molecule is C[Si](C)C(C)(C)COCc1cc(Br)ccc1I. The zero-order valence-corrected chi connectivity index (χ0v) is 15.6. The van der Waals surface area contributed by atoms with E-state index in [1.54, 1.807) is 0 Å². The molecule has 0 unspecified atom stereocenters. The molecule has 95 valence electrons. The zero-order chi connectivity index (χ0) is 13.1. The van der Waals surface area contributed by atoms with Crippen molar-refractivity contribution >= 4 is 47.3 Å². The Kier molecular flexibility index (Phi) is 6.16. The molecule has 0 aliphatic heterocycles. The van der Waals surface area contributed by atoms with Crippen molar-refractivity contribution in [2.45, 2.75) is 38.6 Å². The third-order valence-corrected chi connectivity index (χ3v) is 7.48. The summed E-state index contributed by atoms with van der Waals surface area (Å²) in [7, 11) is -0.319. The lowest BCUT2D eigenvalue weighted by molar-refractivity contribution is 0.100. The molecule has 1 aromatic carbocycles. The van der Waals surface area contributed by atoms with E-state index in [1.807, 2.05) is 0 Å². The van der Waals surface area contributed by atoms with E-state index in [-0.39, 0.29) is 8.80 Å². The molecule has 0 spiro atoms. The Labute approximate surface area is 128 Å². The number of rotatable bonds is 5. The minimum absolute atomic E-state index is 0.319. The summed E-state index contributed by atoms with van der Waals surface area (Å²) in [5.41, 5.74) is 1.26. The maximum Gasteiger partial charge on any atom is 0.0727 e. The Morgan fingerprint density at radius 2 is 2.00 bits per heavy atom. The molecule has 0 aliphatic carbocycles. The molecule has 0 aromatic heterocycles. The molecular weight excluding hydrogens is 407 g/mol. The van der Waals surface area contributed by atoms with Crippen molar-refractivity contribution in [3.8, 4) is 0 Å². The van der Waals surface area contributed by atoms with Gasteiger partial charge in [-0.25, -0.2) is 0 Å². The van der Waals surface area contributed by atoms with E-state index in [4.69, 9.17) is 4.74 Å². The Balaban J connectivity index is 2.54. The lowest BCUT2D eigenvalue weighted by atomic mass is 10.2. The molecule has 17 heavy (non-hydrogen) atoms. The molecule has 0 fully saturated rings. The number of ether oxygens (including phenoxy) is 1. The third-order valence-electron chi connectivity index (χ3n) is 3.08. The molecule has 1 aromatic rings. The van der Waals surface area contributed by atoms with Crippen molar-refractivity contribution < 1.29 is 4.74 Å². The lowest BCUT2D eigenvalue weighted by Crippen LogP contribution is -2.26. The second-order valence-electron chi connectivity index (χ2n) is 5.11. The Hall–Kier alpha value is 0.607. The van der Waals surface area contributed by atoms with Gasteiger partial charge in [0.25, 0.3) is 0 Å². The van der Waals surface area contributed by atoms with Crippen molar-refractivity contribution in [3.63, 3.8) is 0 Å². The van der Waals surface area contributed by atoms with Crippen LogP contribution in [0.25, 0.3) is 0 Å². The lowest BCUT2D eigenvalue weighted by Gasteiger charge is -2.27. The van der Waals surface area contributed by atoms with Gasteiger partial charge in [-0.1, -0.05) is 42.9 Å². The minimum atomic E-state index is -0.319. The van der Waals surface area contributed by atoms with Crippen LogP contribution in [0, 0.1) is 3.57 Å². The Morgan fingerprint density at radius 1 is 1.35 bits per heavy atom. The summed E-state index contributed by atoms with van der Waals surface area (Å²) in [6, 6.07) is 6.32. The van der Waals surface area contributed by atoms with Crippen LogP contribution < -0.4 is 0 Å². The zero-order valence-electron chi connectivity index (χ0n) is 10.8. The highest BCUT2D eigenvalue weighted by Crippen LogP contribution is 2.29. The van der Waals surface area contributed by atoms with Crippen LogP contribution in [-0.2, 0) is 11.3 Å². The number of benzene rings is 1. The monoisotopic (exact) mass is 425 g/mol. The van der Waals surface area contributed by atoms with Crippen molar-refractivity contribution in [1.82, 2.24) is 0 Å². The number of hydrogen-bond donors (Lipinski definition) is 0. The molecular formula is C13H19BrIOSi. The van der Waals surface area contributed by atoms with E-state index in [0.717, 1.165) is 11.1 Å². The first-order chi connectivity index (χ1) is 7.83. The highest BCUT2D eigenvalue weighted by molar-refractivity contribution is 14.1. The van der Waals surface area contributed by atoms with Crippen LogP contribution in [0.3, 0.4) is 0 Å². The predicted octanol–water partition coefficient (Wildman–Crippen LogP) is 5.10. The second kappa shape index (κ2) is 6.68. The van der Waals surface area contributed by atoms with Gasteiger partial charge < -0.3 is 4.74 Å². The average molecular weight is 426 g/mol. The summed E-state index contributed by atoms with van der Waals surface area (Å²) >= 11 is 5.85. The fraction of sp³-hybridized carbons (Fsp3) is 0.538. The largest absolute Gasteiger partial charge is 0.376 e. The van der Waals surface area contributed by atoms with Crippen LogP contribution >= 0.6 is 38.5 Å². The van der Waals surface area contributed by atoms with Gasteiger partial charge in [-0.05, 0) is 51.4 Å². The smallest absolute Gasteiger partial charge is 0.0727 e. The maximum atomic E-state index is 5.88. The first-order valence-electron chi connectivity index (χ1n) is 5.65. The predicted molar refractivity (Wildman–Crippen MR) is 88.0 cm³/mol. The topological polar surface area (TPSA) is 9.23 Å². The van der Waals surface area contributed by atoms with Crippen LogP contribution in [0.5, 0.6) is 0 Å². The summed E-state index contributed by atoms with van der Waals surface area (Å²) in [4.78, 5) is 0. The van der Waals surface area contributed by atoms with Gasteiger partial charge in [-0.3, -0.25) is 0 Å². The molecule has 0 amide bonds. The van der Waals surface area contributed by atoms with Crippen LogP contribution in [0.4, 0.5) is 0 Å². The first kappa shape index (κ1) is 15.7. The molecule has 0 aliphatic rings. The van der Waals surface area contributed by atoms with Gasteiger partial charge in [0.15, 0.2) is 0 Å². The maximum absolute atomic E-state index is 5.88. The van der Waals surface area contributed by atoms with E-state index < -0.39 is 0 Å². The van der Waals surface area contributed by atoms with Crippen molar-refractivity contribution in [2.24, 2.45) is 0 Å². The molecule has 0 saturated heterocycles. The molecule has 1 rings (SSSR count). The number of halogens is 2. The summed E-state index contributed by atoms with van der Waals surface area (Å²) in [6.07, 6.45) is 0. The standard InChI is InChI=1S/C13H19BrIOSi/c1-13(2,17(3)4)9-16-8-10-7-11(14)5-6-12(10)15/h5-7H,8-9H2,1-4H3. The van der Waals surface area contributed by atoms with Crippen LogP contribution in [-0.4, -0.2) is 15.4 Å². The van der Waals surface area contributed by atoms with Crippen LogP contribution in [0.2, 0.25) is 18.1 Å². The van der Waals surface area contributed by atoms with Crippen LogP contribution in [0.15, 0.2) is 22.7 Å². The van der Waals surface area contributed by atoms with Gasteiger partial charge in [0.05, 0.1) is 15.4 Å². The summed E-state index contributed by atoms with van der Waals surface area (Å²) in [6.45, 7) is 10.8. The highest BCUT2D eigenvalue weighted by atomic mass is 127. The molecule has 0 N–H and O–H groups in total. The molecule has 0 bridgehead atoms. The molecule has 4 heteroatoms. The van der Waals surface area contributed by atoms with Gasteiger partial charge in [0, 0.05) is 14.6 Å². The molecule has 1 nitrogen and oxygen atoms in total. The highest BCUT2D eigenvalue weighted by Gasteiger charge is 2.23. The molecule has 0 heterocycles. The molecule has 0 atom stereocenters. The fourth-order valence-corrected chi connectivity index (χ4v) is 2.50. The number of hydrogen-bond acceptors (Lipinski definition) is 1. The van der Waals surface area contributed by atoms with E-state index in [0.29, 0.717) is 11.6 Å². The minimum Gasteiger partial charge on any atom is -0.376 e. The fourth-order valence-electron chi connectivity index (χ4n) is 1.21. The van der Waals surface area contributed by atoms with Gasteiger partial charge in [0.2, 0.25) is 0 Å². The first-order valence-corrected chi connectivity index (χ1v) is 10.0. The van der Waals surface area contributed by atoms with Crippen LogP contribution in [0.1, 0.15) is 19.4 Å². The molecule has 0 saturated carbocycles. The van der Waals surface area contributed by atoms with E-state index in [2.05, 4.69) is 83.7 Å². The quantitative estimate of drug-likeness (QED) is 0.470. The summed E-state index contributed by atoms with van der Waals surface area (Å²) in [5, 5.41) is 0.335. The van der Waals surface area contributed by atoms with E-state index >= 15 is 0 Å².